The van der Waals surface area contributed by atoms with Crippen molar-refractivity contribution in [3.8, 4) is 0 Å². The van der Waals surface area contributed by atoms with Gasteiger partial charge in [0.25, 0.3) is 5.91 Å². The average molecular weight is 264 g/mol. The molecule has 0 aromatic heterocycles. The fraction of sp³-hybridized carbons (Fsp3) is 0.429. The van der Waals surface area contributed by atoms with E-state index in [4.69, 9.17) is 4.74 Å². The normalized spacial score (nSPS) is 10.3. The maximum atomic E-state index is 11.7. The average Bonchev–Trinajstić information content (AvgIpc) is 2.42. The Hall–Kier alpha value is -1.88. The third-order valence-corrected chi connectivity index (χ3v) is 2.64. The molecule has 0 heterocycles. The topological polar surface area (TPSA) is 49.9 Å². The summed E-state index contributed by atoms with van der Waals surface area (Å²) in [6.45, 7) is 1.15. The molecule has 0 unspecified atom stereocenters. The second kappa shape index (κ2) is 7.53. The second-order valence-electron chi connectivity index (χ2n) is 4.56. The van der Waals surface area contributed by atoms with Gasteiger partial charge in [-0.25, -0.2) is 4.79 Å². The van der Waals surface area contributed by atoms with Crippen molar-refractivity contribution < 1.29 is 14.3 Å². The molecule has 0 radical (unpaired) electrons. The van der Waals surface area contributed by atoms with Crippen LogP contribution in [0.5, 0.6) is 0 Å². The molecule has 5 nitrogen and oxygen atoms in total. The summed E-state index contributed by atoms with van der Waals surface area (Å²) in [5.74, 6) is -0.680. The third-order valence-electron chi connectivity index (χ3n) is 2.64. The number of hydrogen-bond acceptors (Lipinski definition) is 4. The van der Waals surface area contributed by atoms with Gasteiger partial charge < -0.3 is 14.5 Å². The Morgan fingerprint density at radius 1 is 1.05 bits per heavy atom. The molecule has 0 aliphatic carbocycles. The van der Waals surface area contributed by atoms with Crippen molar-refractivity contribution in [1.82, 2.24) is 9.80 Å². The van der Waals surface area contributed by atoms with E-state index >= 15 is 0 Å². The van der Waals surface area contributed by atoms with Crippen LogP contribution < -0.4 is 0 Å². The van der Waals surface area contributed by atoms with Gasteiger partial charge in [-0.15, -0.1) is 0 Å². The van der Waals surface area contributed by atoms with Crippen molar-refractivity contribution in [3.05, 3.63) is 35.9 Å². The minimum Gasteiger partial charge on any atom is -0.452 e. The molecule has 0 saturated carbocycles. The first kappa shape index (κ1) is 15.2. The Labute approximate surface area is 113 Å². The Kier molecular flexibility index (Phi) is 6.02. The summed E-state index contributed by atoms with van der Waals surface area (Å²) in [6, 6.07) is 8.63. The van der Waals surface area contributed by atoms with E-state index in [1.807, 2.05) is 25.1 Å². The van der Waals surface area contributed by atoms with Crippen LogP contribution in [0.4, 0.5) is 0 Å². The van der Waals surface area contributed by atoms with Gasteiger partial charge in [0.1, 0.15) is 0 Å². The van der Waals surface area contributed by atoms with Crippen LogP contribution in [0.1, 0.15) is 10.4 Å². The lowest BCUT2D eigenvalue weighted by atomic mass is 10.2. The molecule has 19 heavy (non-hydrogen) atoms. The zero-order chi connectivity index (χ0) is 14.3. The summed E-state index contributed by atoms with van der Waals surface area (Å²) in [6.07, 6.45) is 0. The van der Waals surface area contributed by atoms with E-state index in [1.165, 1.54) is 0 Å². The second-order valence-corrected chi connectivity index (χ2v) is 4.56. The molecule has 1 amide bonds. The van der Waals surface area contributed by atoms with Crippen LogP contribution in [0.15, 0.2) is 30.3 Å². The molecule has 5 heteroatoms. The highest BCUT2D eigenvalue weighted by atomic mass is 16.5. The van der Waals surface area contributed by atoms with Crippen molar-refractivity contribution in [2.24, 2.45) is 0 Å². The Bertz CT molecular complexity index is 418. The molecule has 0 atom stereocenters. The van der Waals surface area contributed by atoms with E-state index < -0.39 is 5.97 Å². The summed E-state index contributed by atoms with van der Waals surface area (Å²) in [5.41, 5.74) is 0.450. The minimum absolute atomic E-state index is 0.203. The Morgan fingerprint density at radius 3 is 2.26 bits per heavy atom. The molecule has 0 fully saturated rings. The number of esters is 1. The monoisotopic (exact) mass is 264 g/mol. The Morgan fingerprint density at radius 2 is 1.68 bits per heavy atom. The molecular weight excluding hydrogens is 244 g/mol. The van der Waals surface area contributed by atoms with Crippen LogP contribution in [0, 0.1) is 0 Å². The number of ether oxygens (including phenoxy) is 1. The number of amides is 1. The van der Waals surface area contributed by atoms with E-state index in [9.17, 15) is 9.59 Å². The first-order valence-corrected chi connectivity index (χ1v) is 6.11. The van der Waals surface area contributed by atoms with Crippen molar-refractivity contribution in [2.75, 3.05) is 40.8 Å². The number of benzene rings is 1. The van der Waals surface area contributed by atoms with Crippen molar-refractivity contribution in [2.45, 2.75) is 0 Å². The summed E-state index contributed by atoms with van der Waals surface area (Å²) >= 11 is 0. The molecular formula is C14H20N2O3. The largest absolute Gasteiger partial charge is 0.452 e. The smallest absolute Gasteiger partial charge is 0.338 e. The molecule has 0 bridgehead atoms. The Balaban J connectivity index is 2.36. The molecule has 1 rings (SSSR count). The molecule has 0 aliphatic heterocycles. The fourth-order valence-corrected chi connectivity index (χ4v) is 1.37. The predicted octanol–water partition coefficient (Wildman–Crippen LogP) is 0.863. The van der Waals surface area contributed by atoms with E-state index in [-0.39, 0.29) is 12.5 Å². The number of carbonyl (C=O) groups is 2. The molecule has 0 N–H and O–H groups in total. The molecule has 0 aliphatic rings. The number of carbonyl (C=O) groups excluding carboxylic acids is 2. The maximum absolute atomic E-state index is 11.7. The molecule has 1 aromatic rings. The van der Waals surface area contributed by atoms with Crippen LogP contribution in [0.2, 0.25) is 0 Å². The van der Waals surface area contributed by atoms with Gasteiger partial charge >= 0.3 is 5.97 Å². The number of nitrogens with zero attached hydrogens (tertiary/aromatic N) is 2. The van der Waals surface area contributed by atoms with Crippen LogP contribution in [0.3, 0.4) is 0 Å². The number of hydrogen-bond donors (Lipinski definition) is 0. The van der Waals surface area contributed by atoms with E-state index in [1.54, 1.807) is 36.2 Å². The summed E-state index contributed by atoms with van der Waals surface area (Å²) < 4.78 is 4.97. The van der Waals surface area contributed by atoms with Gasteiger partial charge in [-0.3, -0.25) is 4.79 Å². The van der Waals surface area contributed by atoms with E-state index in [0.717, 1.165) is 6.54 Å². The van der Waals surface area contributed by atoms with Crippen molar-refractivity contribution >= 4 is 11.9 Å². The van der Waals surface area contributed by atoms with Crippen LogP contribution >= 0.6 is 0 Å². The van der Waals surface area contributed by atoms with Crippen molar-refractivity contribution in [3.63, 3.8) is 0 Å². The first-order chi connectivity index (χ1) is 9.00. The predicted molar refractivity (Wildman–Crippen MR) is 72.9 cm³/mol. The standard InChI is InChI=1S/C14H20N2O3/c1-15(2)9-10-16(3)13(17)11-19-14(18)12-7-5-4-6-8-12/h4-8H,9-11H2,1-3H3. The van der Waals surface area contributed by atoms with Gasteiger partial charge in [-0.05, 0) is 26.2 Å². The molecule has 0 spiro atoms. The third kappa shape index (κ3) is 5.52. The highest BCUT2D eigenvalue weighted by molar-refractivity contribution is 5.91. The van der Waals surface area contributed by atoms with Gasteiger partial charge in [0.15, 0.2) is 6.61 Å². The highest BCUT2D eigenvalue weighted by Crippen LogP contribution is 2.01. The number of likely N-dealkylation sites (N-methyl/N-ethyl adjacent to an activating group) is 2. The van der Waals surface area contributed by atoms with Gasteiger partial charge in [0.05, 0.1) is 5.56 Å². The lowest BCUT2D eigenvalue weighted by Crippen LogP contribution is -2.36. The number of rotatable bonds is 6. The maximum Gasteiger partial charge on any atom is 0.338 e. The molecule has 0 saturated heterocycles. The van der Waals surface area contributed by atoms with Crippen LogP contribution in [0.25, 0.3) is 0 Å². The minimum atomic E-state index is -0.477. The van der Waals surface area contributed by atoms with Gasteiger partial charge in [-0.2, -0.15) is 0 Å². The quantitative estimate of drug-likeness (QED) is 0.715. The van der Waals surface area contributed by atoms with Gasteiger partial charge in [0.2, 0.25) is 0 Å². The highest BCUT2D eigenvalue weighted by Gasteiger charge is 2.13. The first-order valence-electron chi connectivity index (χ1n) is 6.11. The van der Waals surface area contributed by atoms with Crippen LogP contribution in [-0.2, 0) is 9.53 Å². The summed E-state index contributed by atoms with van der Waals surface area (Å²) in [7, 11) is 5.57. The summed E-state index contributed by atoms with van der Waals surface area (Å²) in [5, 5.41) is 0. The fourth-order valence-electron chi connectivity index (χ4n) is 1.37. The zero-order valence-electron chi connectivity index (χ0n) is 11.6. The molecule has 104 valence electrons. The van der Waals surface area contributed by atoms with E-state index in [0.29, 0.717) is 12.1 Å². The zero-order valence-corrected chi connectivity index (χ0v) is 11.6. The SMILES string of the molecule is CN(C)CCN(C)C(=O)COC(=O)c1ccccc1. The van der Waals surface area contributed by atoms with E-state index in [2.05, 4.69) is 0 Å². The lowest BCUT2D eigenvalue weighted by molar-refractivity contribution is -0.133. The summed E-state index contributed by atoms with van der Waals surface area (Å²) in [4.78, 5) is 26.9. The van der Waals surface area contributed by atoms with Gasteiger partial charge in [-0.1, -0.05) is 18.2 Å². The van der Waals surface area contributed by atoms with Crippen LogP contribution in [-0.4, -0.2) is 62.5 Å². The van der Waals surface area contributed by atoms with Crippen molar-refractivity contribution in [1.29, 1.82) is 0 Å². The van der Waals surface area contributed by atoms with Gasteiger partial charge in [0, 0.05) is 20.1 Å². The lowest BCUT2D eigenvalue weighted by Gasteiger charge is -2.19. The molecule has 1 aromatic carbocycles.